The van der Waals surface area contributed by atoms with Crippen molar-refractivity contribution in [3.8, 4) is 0 Å². The van der Waals surface area contributed by atoms with Crippen LogP contribution in [0, 0.1) is 5.92 Å². The highest BCUT2D eigenvalue weighted by Crippen LogP contribution is 2.31. The maximum atomic E-state index is 12.4. The first-order valence-corrected chi connectivity index (χ1v) is 7.86. The van der Waals surface area contributed by atoms with E-state index in [0.29, 0.717) is 12.0 Å². The van der Waals surface area contributed by atoms with Crippen LogP contribution in [-0.4, -0.2) is 21.7 Å². The first-order valence-electron chi connectivity index (χ1n) is 6.06. The fourth-order valence-electron chi connectivity index (χ4n) is 1.79. The van der Waals surface area contributed by atoms with Gasteiger partial charge in [-0.05, 0) is 30.2 Å². The maximum Gasteiger partial charge on any atom is 0.237 e. The Balaban J connectivity index is 2.04. The summed E-state index contributed by atoms with van der Waals surface area (Å²) in [6, 6.07) is 4.62. The molecule has 1 fully saturated rings. The van der Waals surface area contributed by atoms with E-state index in [1.165, 1.54) is 4.88 Å². The van der Waals surface area contributed by atoms with Crippen LogP contribution in [0.25, 0.3) is 0 Å². The SMILES string of the molecule is CC(C)C(Br)C(=O)N(Cc1cccs1)C1CC1. The maximum absolute atomic E-state index is 12.4. The number of alkyl halides is 1. The first kappa shape index (κ1) is 13.1. The van der Waals surface area contributed by atoms with Crippen molar-refractivity contribution in [2.45, 2.75) is 44.1 Å². The number of carbonyl (C=O) groups excluding carboxylic acids is 1. The molecule has 1 aliphatic carbocycles. The molecule has 0 aromatic carbocycles. The van der Waals surface area contributed by atoms with Gasteiger partial charge in [0.1, 0.15) is 0 Å². The fourth-order valence-corrected chi connectivity index (χ4v) is 2.75. The zero-order valence-corrected chi connectivity index (χ0v) is 12.6. The standard InChI is InChI=1S/C13H18BrNOS/c1-9(2)12(14)13(16)15(10-5-6-10)8-11-4-3-7-17-11/h3-4,7,9-10,12H,5-6,8H2,1-2H3. The minimum absolute atomic E-state index is 0.0527. The topological polar surface area (TPSA) is 20.3 Å². The van der Waals surface area contributed by atoms with Crippen LogP contribution >= 0.6 is 27.3 Å². The van der Waals surface area contributed by atoms with Crippen LogP contribution in [0.1, 0.15) is 31.6 Å². The van der Waals surface area contributed by atoms with Crippen LogP contribution < -0.4 is 0 Å². The average Bonchev–Trinajstić information content (AvgIpc) is 3.01. The van der Waals surface area contributed by atoms with Crippen molar-refractivity contribution in [3.05, 3.63) is 22.4 Å². The summed E-state index contributed by atoms with van der Waals surface area (Å²) in [6.07, 6.45) is 2.32. The molecule has 2 rings (SSSR count). The summed E-state index contributed by atoms with van der Waals surface area (Å²) in [7, 11) is 0. The molecule has 17 heavy (non-hydrogen) atoms. The van der Waals surface area contributed by atoms with Gasteiger partial charge in [-0.2, -0.15) is 0 Å². The molecule has 2 nitrogen and oxygen atoms in total. The summed E-state index contributed by atoms with van der Waals surface area (Å²) in [5, 5.41) is 2.07. The van der Waals surface area contributed by atoms with Crippen molar-refractivity contribution >= 4 is 33.2 Å². The number of nitrogens with zero attached hydrogens (tertiary/aromatic N) is 1. The zero-order chi connectivity index (χ0) is 12.4. The van der Waals surface area contributed by atoms with Crippen LogP contribution in [0.15, 0.2) is 17.5 Å². The normalized spacial score (nSPS) is 17.2. The van der Waals surface area contributed by atoms with Crippen LogP contribution in [0.4, 0.5) is 0 Å². The van der Waals surface area contributed by atoms with Gasteiger partial charge >= 0.3 is 0 Å². The molecule has 1 saturated carbocycles. The van der Waals surface area contributed by atoms with Gasteiger partial charge in [-0.15, -0.1) is 11.3 Å². The van der Waals surface area contributed by atoms with Gasteiger partial charge in [0.25, 0.3) is 0 Å². The monoisotopic (exact) mass is 315 g/mol. The summed E-state index contributed by atoms with van der Waals surface area (Å²) < 4.78 is 0. The summed E-state index contributed by atoms with van der Waals surface area (Å²) in [5.74, 6) is 0.586. The van der Waals surface area contributed by atoms with Crippen molar-refractivity contribution in [2.24, 2.45) is 5.92 Å². The van der Waals surface area contributed by atoms with Gasteiger partial charge in [0.2, 0.25) is 5.91 Å². The second-order valence-corrected chi connectivity index (χ2v) is 6.94. The zero-order valence-electron chi connectivity index (χ0n) is 10.2. The largest absolute Gasteiger partial charge is 0.334 e. The number of hydrogen-bond donors (Lipinski definition) is 0. The lowest BCUT2D eigenvalue weighted by Gasteiger charge is -2.26. The molecule has 1 unspecified atom stereocenters. The highest BCUT2D eigenvalue weighted by molar-refractivity contribution is 9.10. The molecule has 4 heteroatoms. The van der Waals surface area contributed by atoms with E-state index < -0.39 is 0 Å². The number of carbonyl (C=O) groups is 1. The number of rotatable bonds is 5. The molecular formula is C13H18BrNOS. The van der Waals surface area contributed by atoms with Gasteiger partial charge in [0, 0.05) is 10.9 Å². The molecule has 94 valence electrons. The van der Waals surface area contributed by atoms with Crippen molar-refractivity contribution in [1.82, 2.24) is 4.90 Å². The van der Waals surface area contributed by atoms with Crippen molar-refractivity contribution in [1.29, 1.82) is 0 Å². The van der Waals surface area contributed by atoms with Crippen molar-refractivity contribution in [2.75, 3.05) is 0 Å². The predicted octanol–water partition coefficient (Wildman–Crippen LogP) is 3.66. The highest BCUT2D eigenvalue weighted by atomic mass is 79.9. The quantitative estimate of drug-likeness (QED) is 0.759. The van der Waals surface area contributed by atoms with Crippen LogP contribution in [-0.2, 0) is 11.3 Å². The Morgan fingerprint density at radius 3 is 2.76 bits per heavy atom. The fraction of sp³-hybridized carbons (Fsp3) is 0.615. The molecule has 1 heterocycles. The van der Waals surface area contributed by atoms with E-state index in [0.717, 1.165) is 19.4 Å². The Kier molecular flexibility index (Phi) is 4.26. The lowest BCUT2D eigenvalue weighted by molar-refractivity contribution is -0.132. The van der Waals surface area contributed by atoms with Gasteiger partial charge < -0.3 is 4.90 Å². The highest BCUT2D eigenvalue weighted by Gasteiger charge is 2.35. The Morgan fingerprint density at radius 2 is 2.29 bits per heavy atom. The molecule has 1 aromatic heterocycles. The molecule has 0 radical (unpaired) electrons. The van der Waals surface area contributed by atoms with Crippen molar-refractivity contribution < 1.29 is 4.79 Å². The van der Waals surface area contributed by atoms with E-state index in [1.54, 1.807) is 11.3 Å². The molecule has 1 amide bonds. The minimum Gasteiger partial charge on any atom is -0.334 e. The molecular weight excluding hydrogens is 298 g/mol. The number of hydrogen-bond acceptors (Lipinski definition) is 2. The second kappa shape index (κ2) is 5.53. The lowest BCUT2D eigenvalue weighted by Crippen LogP contribution is -2.39. The van der Waals surface area contributed by atoms with E-state index in [9.17, 15) is 4.79 Å². The number of amides is 1. The average molecular weight is 316 g/mol. The lowest BCUT2D eigenvalue weighted by atomic mass is 10.1. The summed E-state index contributed by atoms with van der Waals surface area (Å²) >= 11 is 5.25. The van der Waals surface area contributed by atoms with Crippen molar-refractivity contribution in [3.63, 3.8) is 0 Å². The smallest absolute Gasteiger partial charge is 0.237 e. The Bertz CT molecular complexity index is 373. The van der Waals surface area contributed by atoms with Crippen LogP contribution in [0.3, 0.4) is 0 Å². The van der Waals surface area contributed by atoms with Gasteiger partial charge in [-0.1, -0.05) is 35.8 Å². The third-order valence-electron chi connectivity index (χ3n) is 3.00. The summed E-state index contributed by atoms with van der Waals surface area (Å²) in [6.45, 7) is 4.93. The number of halogens is 1. The Hall–Kier alpha value is -0.350. The molecule has 0 saturated heterocycles. The van der Waals surface area contributed by atoms with E-state index in [-0.39, 0.29) is 10.7 Å². The summed E-state index contributed by atoms with van der Waals surface area (Å²) in [4.78, 5) is 15.6. The molecule has 1 aromatic rings. The molecule has 0 spiro atoms. The van der Waals surface area contributed by atoms with E-state index in [2.05, 4.69) is 41.2 Å². The van der Waals surface area contributed by atoms with Gasteiger partial charge in [0.05, 0.1) is 11.4 Å². The molecule has 0 N–H and O–H groups in total. The minimum atomic E-state index is -0.0527. The predicted molar refractivity (Wildman–Crippen MR) is 75.4 cm³/mol. The first-order chi connectivity index (χ1) is 8.09. The van der Waals surface area contributed by atoms with Gasteiger partial charge in [-0.25, -0.2) is 0 Å². The van der Waals surface area contributed by atoms with Gasteiger partial charge in [-0.3, -0.25) is 4.79 Å². The van der Waals surface area contributed by atoms with E-state index in [4.69, 9.17) is 0 Å². The second-order valence-electron chi connectivity index (χ2n) is 4.92. The Morgan fingerprint density at radius 1 is 1.59 bits per heavy atom. The van der Waals surface area contributed by atoms with Crippen LogP contribution in [0.2, 0.25) is 0 Å². The van der Waals surface area contributed by atoms with Crippen LogP contribution in [0.5, 0.6) is 0 Å². The third kappa shape index (κ3) is 3.32. The van der Waals surface area contributed by atoms with E-state index >= 15 is 0 Å². The third-order valence-corrected chi connectivity index (χ3v) is 5.31. The molecule has 1 atom stereocenters. The number of thiophene rings is 1. The van der Waals surface area contributed by atoms with Gasteiger partial charge in [0.15, 0.2) is 0 Å². The molecule has 1 aliphatic rings. The Labute approximate surface area is 115 Å². The molecule has 0 bridgehead atoms. The summed E-state index contributed by atoms with van der Waals surface area (Å²) in [5.41, 5.74) is 0. The van der Waals surface area contributed by atoms with E-state index in [1.807, 2.05) is 11.0 Å². The molecule has 0 aliphatic heterocycles.